The second kappa shape index (κ2) is 7.24. The number of benzene rings is 1. The van der Waals surface area contributed by atoms with E-state index >= 15 is 0 Å². The summed E-state index contributed by atoms with van der Waals surface area (Å²) in [6.07, 6.45) is 1.82. The fourth-order valence-corrected chi connectivity index (χ4v) is 4.23. The molecule has 1 aliphatic rings. The van der Waals surface area contributed by atoms with Crippen LogP contribution in [0.1, 0.15) is 12.8 Å². The number of halogens is 3. The molecule has 2 N–H and O–H groups in total. The third-order valence-electron chi connectivity index (χ3n) is 2.82. The van der Waals surface area contributed by atoms with Crippen molar-refractivity contribution in [1.29, 1.82) is 0 Å². The third-order valence-corrected chi connectivity index (χ3v) is 5.80. The van der Waals surface area contributed by atoms with Gasteiger partial charge in [-0.3, -0.25) is 0 Å². The van der Waals surface area contributed by atoms with Crippen LogP contribution in [0.5, 0.6) is 0 Å². The lowest BCUT2D eigenvalue weighted by Crippen LogP contribution is -2.45. The molecule has 4 nitrogen and oxygen atoms in total. The fraction of sp³-hybridized carbons (Fsp3) is 0.455. The molecule has 0 amide bonds. The van der Waals surface area contributed by atoms with Gasteiger partial charge in [0.05, 0.1) is 5.02 Å². The van der Waals surface area contributed by atoms with Crippen LogP contribution in [-0.4, -0.2) is 27.5 Å². The van der Waals surface area contributed by atoms with E-state index < -0.39 is 10.0 Å². The van der Waals surface area contributed by atoms with Crippen molar-refractivity contribution < 1.29 is 8.42 Å². The second-order valence-electron chi connectivity index (χ2n) is 4.22. The molecule has 1 aliphatic heterocycles. The number of rotatable bonds is 3. The summed E-state index contributed by atoms with van der Waals surface area (Å²) in [6.45, 7) is 1.60. The molecule has 108 valence electrons. The molecule has 0 unspecified atom stereocenters. The molecule has 19 heavy (non-hydrogen) atoms. The highest BCUT2D eigenvalue weighted by Crippen LogP contribution is 2.29. The van der Waals surface area contributed by atoms with Crippen molar-refractivity contribution >= 4 is 50.0 Å². The van der Waals surface area contributed by atoms with Crippen molar-refractivity contribution in [1.82, 2.24) is 10.0 Å². The Labute approximate surface area is 132 Å². The van der Waals surface area contributed by atoms with Gasteiger partial charge in [-0.25, -0.2) is 13.1 Å². The SMILES string of the molecule is Cl.O=S(=O)(N[C@H]1CCCNC1)c1cccc(Br)c1Cl. The van der Waals surface area contributed by atoms with Gasteiger partial charge < -0.3 is 5.32 Å². The molecule has 0 spiro atoms. The van der Waals surface area contributed by atoms with E-state index in [4.69, 9.17) is 11.6 Å². The molecule has 0 saturated carbocycles. The van der Waals surface area contributed by atoms with Crippen LogP contribution in [0, 0.1) is 0 Å². The maximum absolute atomic E-state index is 12.2. The zero-order valence-electron chi connectivity index (χ0n) is 10.0. The van der Waals surface area contributed by atoms with Crippen molar-refractivity contribution in [2.24, 2.45) is 0 Å². The molecule has 1 aromatic carbocycles. The van der Waals surface area contributed by atoms with Gasteiger partial charge >= 0.3 is 0 Å². The lowest BCUT2D eigenvalue weighted by Gasteiger charge is -2.23. The van der Waals surface area contributed by atoms with E-state index in [2.05, 4.69) is 26.0 Å². The van der Waals surface area contributed by atoms with Crippen LogP contribution in [0.3, 0.4) is 0 Å². The standard InChI is InChI=1S/C11H14BrClN2O2S.ClH/c12-9-4-1-5-10(11(9)13)18(16,17)15-8-3-2-6-14-7-8;/h1,4-5,8,14-15H,2-3,6-7H2;1H/t8-;/m0./s1. The topological polar surface area (TPSA) is 58.2 Å². The van der Waals surface area contributed by atoms with E-state index in [1.54, 1.807) is 12.1 Å². The second-order valence-corrected chi connectivity index (χ2v) is 7.13. The van der Waals surface area contributed by atoms with E-state index in [9.17, 15) is 8.42 Å². The Morgan fingerprint density at radius 2 is 2.16 bits per heavy atom. The molecule has 0 aromatic heterocycles. The first-order chi connectivity index (χ1) is 8.50. The zero-order chi connectivity index (χ0) is 13.2. The lowest BCUT2D eigenvalue weighted by atomic mass is 10.1. The van der Waals surface area contributed by atoms with Crippen molar-refractivity contribution in [3.8, 4) is 0 Å². The van der Waals surface area contributed by atoms with Gasteiger partial charge in [0.1, 0.15) is 4.90 Å². The van der Waals surface area contributed by atoms with Gasteiger partial charge in [-0.1, -0.05) is 17.7 Å². The van der Waals surface area contributed by atoms with Crippen LogP contribution < -0.4 is 10.0 Å². The largest absolute Gasteiger partial charge is 0.315 e. The molecule has 0 aliphatic carbocycles. The predicted molar refractivity (Wildman–Crippen MR) is 82.6 cm³/mol. The molecular weight excluding hydrogens is 375 g/mol. The highest BCUT2D eigenvalue weighted by atomic mass is 79.9. The Balaban J connectivity index is 0.00000180. The van der Waals surface area contributed by atoms with Gasteiger partial charge in [0.25, 0.3) is 0 Å². The average Bonchev–Trinajstić information content (AvgIpc) is 2.33. The Kier molecular flexibility index (Phi) is 6.56. The number of hydrogen-bond donors (Lipinski definition) is 2. The first kappa shape index (κ1) is 17.2. The fourth-order valence-electron chi connectivity index (χ4n) is 1.93. The highest BCUT2D eigenvalue weighted by molar-refractivity contribution is 9.10. The Bertz CT molecular complexity index is 533. The molecule has 1 saturated heterocycles. The lowest BCUT2D eigenvalue weighted by molar-refractivity contribution is 0.428. The Morgan fingerprint density at radius 1 is 1.42 bits per heavy atom. The first-order valence-electron chi connectivity index (χ1n) is 5.68. The van der Waals surface area contributed by atoms with E-state index in [-0.39, 0.29) is 28.4 Å². The smallest absolute Gasteiger partial charge is 0.242 e. The highest BCUT2D eigenvalue weighted by Gasteiger charge is 2.24. The normalized spacial score (nSPS) is 19.8. The summed E-state index contributed by atoms with van der Waals surface area (Å²) < 4.78 is 27.7. The predicted octanol–water partition coefficient (Wildman–Crippen LogP) is 2.55. The molecular formula is C11H15BrCl2N2O2S. The summed E-state index contributed by atoms with van der Waals surface area (Å²) in [6, 6.07) is 4.80. The monoisotopic (exact) mass is 388 g/mol. The summed E-state index contributed by atoms with van der Waals surface area (Å²) in [4.78, 5) is 0.115. The molecule has 0 radical (unpaired) electrons. The van der Waals surface area contributed by atoms with Crippen LogP contribution in [0.2, 0.25) is 5.02 Å². The van der Waals surface area contributed by atoms with Gasteiger partial charge in [-0.2, -0.15) is 0 Å². The van der Waals surface area contributed by atoms with Gasteiger partial charge in [-0.05, 0) is 47.4 Å². The molecule has 2 rings (SSSR count). The number of hydrogen-bond acceptors (Lipinski definition) is 3. The van der Waals surface area contributed by atoms with Crippen LogP contribution in [0.25, 0.3) is 0 Å². The van der Waals surface area contributed by atoms with Crippen LogP contribution in [0.4, 0.5) is 0 Å². The molecule has 1 fully saturated rings. The van der Waals surface area contributed by atoms with Gasteiger partial charge in [0.15, 0.2) is 0 Å². The minimum absolute atomic E-state index is 0. The molecule has 0 bridgehead atoms. The maximum atomic E-state index is 12.2. The number of piperidine rings is 1. The maximum Gasteiger partial charge on any atom is 0.242 e. The third kappa shape index (κ3) is 4.31. The minimum Gasteiger partial charge on any atom is -0.315 e. The quantitative estimate of drug-likeness (QED) is 0.835. The molecule has 1 heterocycles. The van der Waals surface area contributed by atoms with Gasteiger partial charge in [0, 0.05) is 17.1 Å². The van der Waals surface area contributed by atoms with Crippen molar-refractivity contribution in [2.75, 3.05) is 13.1 Å². The van der Waals surface area contributed by atoms with E-state index in [1.807, 2.05) is 0 Å². The van der Waals surface area contributed by atoms with Crippen molar-refractivity contribution in [2.45, 2.75) is 23.8 Å². The summed E-state index contributed by atoms with van der Waals surface area (Å²) in [5.74, 6) is 0. The summed E-state index contributed by atoms with van der Waals surface area (Å²) in [5.41, 5.74) is 0. The summed E-state index contributed by atoms with van der Waals surface area (Å²) in [5, 5.41) is 3.38. The van der Waals surface area contributed by atoms with E-state index in [0.717, 1.165) is 19.4 Å². The number of nitrogens with one attached hydrogen (secondary N) is 2. The Morgan fingerprint density at radius 3 is 2.79 bits per heavy atom. The first-order valence-corrected chi connectivity index (χ1v) is 8.33. The summed E-state index contributed by atoms with van der Waals surface area (Å²) >= 11 is 9.24. The van der Waals surface area contributed by atoms with Crippen LogP contribution >= 0.6 is 39.9 Å². The zero-order valence-corrected chi connectivity index (χ0v) is 14.0. The van der Waals surface area contributed by atoms with Gasteiger partial charge in [-0.15, -0.1) is 12.4 Å². The van der Waals surface area contributed by atoms with Crippen LogP contribution in [0.15, 0.2) is 27.6 Å². The molecule has 1 atom stereocenters. The minimum atomic E-state index is -3.57. The number of sulfonamides is 1. The summed E-state index contributed by atoms with van der Waals surface area (Å²) in [7, 11) is -3.57. The van der Waals surface area contributed by atoms with Crippen molar-refractivity contribution in [3.05, 3.63) is 27.7 Å². The van der Waals surface area contributed by atoms with E-state index in [1.165, 1.54) is 6.07 Å². The van der Waals surface area contributed by atoms with Crippen LogP contribution in [-0.2, 0) is 10.0 Å². The van der Waals surface area contributed by atoms with Gasteiger partial charge in [0.2, 0.25) is 10.0 Å². The Hall–Kier alpha value is 0.150. The average molecular weight is 390 g/mol. The molecule has 8 heteroatoms. The van der Waals surface area contributed by atoms with Crippen molar-refractivity contribution in [3.63, 3.8) is 0 Å². The molecule has 1 aromatic rings. The van der Waals surface area contributed by atoms with E-state index in [0.29, 0.717) is 11.0 Å².